The van der Waals surface area contributed by atoms with Crippen LogP contribution in [-0.4, -0.2) is 49.3 Å². The Bertz CT molecular complexity index is 380. The van der Waals surface area contributed by atoms with E-state index in [-0.39, 0.29) is 0 Å². The molecular formula is C14H25N5O. The van der Waals surface area contributed by atoms with Gasteiger partial charge in [0, 0.05) is 45.4 Å². The van der Waals surface area contributed by atoms with Crippen LogP contribution in [0.1, 0.15) is 26.1 Å². The molecular weight excluding hydrogens is 254 g/mol. The average Bonchev–Trinajstić information content (AvgIpc) is 2.51. The first-order valence-corrected chi connectivity index (χ1v) is 7.48. The predicted molar refractivity (Wildman–Crippen MR) is 81.2 cm³/mol. The molecule has 0 spiro atoms. The van der Waals surface area contributed by atoms with Crippen molar-refractivity contribution in [2.24, 2.45) is 0 Å². The molecule has 6 nitrogen and oxygen atoms in total. The summed E-state index contributed by atoms with van der Waals surface area (Å²) >= 11 is 0. The zero-order chi connectivity index (χ0) is 14.2. The van der Waals surface area contributed by atoms with Gasteiger partial charge in [0.2, 0.25) is 0 Å². The number of rotatable bonds is 7. The zero-order valence-corrected chi connectivity index (χ0v) is 12.5. The van der Waals surface area contributed by atoms with Crippen LogP contribution in [0.5, 0.6) is 0 Å². The lowest BCUT2D eigenvalue weighted by molar-refractivity contribution is 0.128. The number of nitrogens with zero attached hydrogens (tertiary/aromatic N) is 3. The standard InChI is InChI=1S/C14H25N5O/c1-3-5-16-12-10-14(19-8-6-15-7-9-19)18-13(17-12)11-20-4-2/h10,15H,3-9,11H2,1-2H3,(H,16,17,18). The van der Waals surface area contributed by atoms with Gasteiger partial charge < -0.3 is 20.3 Å². The Labute approximate surface area is 120 Å². The largest absolute Gasteiger partial charge is 0.374 e. The molecule has 0 aromatic carbocycles. The van der Waals surface area contributed by atoms with E-state index >= 15 is 0 Å². The molecule has 0 atom stereocenters. The molecule has 0 radical (unpaired) electrons. The highest BCUT2D eigenvalue weighted by molar-refractivity contribution is 5.49. The molecule has 0 aliphatic carbocycles. The van der Waals surface area contributed by atoms with E-state index in [1.807, 2.05) is 13.0 Å². The maximum Gasteiger partial charge on any atom is 0.158 e. The van der Waals surface area contributed by atoms with Gasteiger partial charge in [0.15, 0.2) is 5.82 Å². The van der Waals surface area contributed by atoms with E-state index in [1.54, 1.807) is 0 Å². The number of hydrogen-bond acceptors (Lipinski definition) is 6. The third kappa shape index (κ3) is 4.31. The average molecular weight is 279 g/mol. The molecule has 2 heterocycles. The molecule has 1 aliphatic rings. The molecule has 0 unspecified atom stereocenters. The van der Waals surface area contributed by atoms with Crippen LogP contribution in [0.3, 0.4) is 0 Å². The Morgan fingerprint density at radius 3 is 2.80 bits per heavy atom. The Balaban J connectivity index is 2.14. The summed E-state index contributed by atoms with van der Waals surface area (Å²) in [6.45, 7) is 10.2. The van der Waals surface area contributed by atoms with Gasteiger partial charge in [-0.15, -0.1) is 0 Å². The SMILES string of the molecule is CCCNc1cc(N2CCNCC2)nc(COCC)n1. The van der Waals surface area contributed by atoms with Crippen LogP contribution in [0.25, 0.3) is 0 Å². The maximum atomic E-state index is 5.44. The lowest BCUT2D eigenvalue weighted by atomic mass is 10.3. The molecule has 1 aliphatic heterocycles. The number of ether oxygens (including phenoxy) is 1. The third-order valence-electron chi connectivity index (χ3n) is 3.19. The van der Waals surface area contributed by atoms with Crippen LogP contribution >= 0.6 is 0 Å². The first-order valence-electron chi connectivity index (χ1n) is 7.48. The Morgan fingerprint density at radius 2 is 2.10 bits per heavy atom. The Kier molecular flexibility index (Phi) is 6.01. The summed E-state index contributed by atoms with van der Waals surface area (Å²) in [6, 6.07) is 2.04. The third-order valence-corrected chi connectivity index (χ3v) is 3.19. The summed E-state index contributed by atoms with van der Waals surface area (Å²) in [4.78, 5) is 11.4. The van der Waals surface area contributed by atoms with E-state index in [0.29, 0.717) is 13.2 Å². The first-order chi connectivity index (χ1) is 9.83. The van der Waals surface area contributed by atoms with Gasteiger partial charge in [-0.2, -0.15) is 0 Å². The zero-order valence-electron chi connectivity index (χ0n) is 12.5. The molecule has 0 amide bonds. The van der Waals surface area contributed by atoms with Gasteiger partial charge in [0.25, 0.3) is 0 Å². The second-order valence-corrected chi connectivity index (χ2v) is 4.83. The van der Waals surface area contributed by atoms with Crippen molar-refractivity contribution in [3.8, 4) is 0 Å². The van der Waals surface area contributed by atoms with E-state index in [2.05, 4.69) is 32.4 Å². The highest BCUT2D eigenvalue weighted by Gasteiger charge is 2.14. The van der Waals surface area contributed by atoms with Crippen molar-refractivity contribution in [3.63, 3.8) is 0 Å². The fourth-order valence-corrected chi connectivity index (χ4v) is 2.14. The van der Waals surface area contributed by atoms with Crippen LogP contribution in [0, 0.1) is 0 Å². The summed E-state index contributed by atoms with van der Waals surface area (Å²) in [5.41, 5.74) is 0. The van der Waals surface area contributed by atoms with E-state index in [0.717, 1.165) is 56.6 Å². The minimum absolute atomic E-state index is 0.469. The Hall–Kier alpha value is -1.40. The molecule has 1 fully saturated rings. The van der Waals surface area contributed by atoms with Crippen molar-refractivity contribution in [2.75, 3.05) is 49.5 Å². The Morgan fingerprint density at radius 1 is 1.30 bits per heavy atom. The van der Waals surface area contributed by atoms with Crippen LogP contribution in [0.2, 0.25) is 0 Å². The molecule has 0 saturated carbocycles. The minimum Gasteiger partial charge on any atom is -0.374 e. The predicted octanol–water partition coefficient (Wildman–Crippen LogP) is 1.24. The number of anilines is 2. The van der Waals surface area contributed by atoms with E-state index in [4.69, 9.17) is 4.74 Å². The summed E-state index contributed by atoms with van der Waals surface area (Å²) in [5.74, 6) is 2.64. The van der Waals surface area contributed by atoms with Crippen molar-refractivity contribution in [3.05, 3.63) is 11.9 Å². The maximum absolute atomic E-state index is 5.44. The van der Waals surface area contributed by atoms with Crippen molar-refractivity contribution in [2.45, 2.75) is 26.9 Å². The van der Waals surface area contributed by atoms with Crippen molar-refractivity contribution < 1.29 is 4.74 Å². The van der Waals surface area contributed by atoms with E-state index < -0.39 is 0 Å². The lowest BCUT2D eigenvalue weighted by Crippen LogP contribution is -2.44. The van der Waals surface area contributed by atoms with Gasteiger partial charge in [-0.25, -0.2) is 9.97 Å². The molecule has 0 bridgehead atoms. The fraction of sp³-hybridized carbons (Fsp3) is 0.714. The van der Waals surface area contributed by atoms with Gasteiger partial charge in [-0.3, -0.25) is 0 Å². The lowest BCUT2D eigenvalue weighted by Gasteiger charge is -2.28. The topological polar surface area (TPSA) is 62.3 Å². The molecule has 1 aromatic rings. The minimum atomic E-state index is 0.469. The van der Waals surface area contributed by atoms with Crippen molar-refractivity contribution in [1.29, 1.82) is 0 Å². The van der Waals surface area contributed by atoms with Crippen LogP contribution < -0.4 is 15.5 Å². The second-order valence-electron chi connectivity index (χ2n) is 4.83. The van der Waals surface area contributed by atoms with Gasteiger partial charge in [0.05, 0.1) is 0 Å². The second kappa shape index (κ2) is 8.01. The normalized spacial score (nSPS) is 15.4. The van der Waals surface area contributed by atoms with Crippen molar-refractivity contribution >= 4 is 11.6 Å². The number of aromatic nitrogens is 2. The van der Waals surface area contributed by atoms with Gasteiger partial charge >= 0.3 is 0 Å². The summed E-state index contributed by atoms with van der Waals surface area (Å²) in [7, 11) is 0. The van der Waals surface area contributed by atoms with Gasteiger partial charge in [0.1, 0.15) is 18.2 Å². The van der Waals surface area contributed by atoms with Gasteiger partial charge in [-0.05, 0) is 13.3 Å². The molecule has 1 saturated heterocycles. The quantitative estimate of drug-likeness (QED) is 0.783. The fourth-order valence-electron chi connectivity index (χ4n) is 2.14. The summed E-state index contributed by atoms with van der Waals surface area (Å²) in [5, 5.41) is 6.70. The molecule has 6 heteroatoms. The number of piperazine rings is 1. The smallest absolute Gasteiger partial charge is 0.158 e. The summed E-state index contributed by atoms with van der Waals surface area (Å²) < 4.78 is 5.44. The first kappa shape index (κ1) is 15.0. The highest BCUT2D eigenvalue weighted by atomic mass is 16.5. The van der Waals surface area contributed by atoms with E-state index in [1.165, 1.54) is 0 Å². The number of hydrogen-bond donors (Lipinski definition) is 2. The van der Waals surface area contributed by atoms with Crippen LogP contribution in [0.4, 0.5) is 11.6 Å². The molecule has 1 aromatic heterocycles. The van der Waals surface area contributed by atoms with Crippen LogP contribution in [-0.2, 0) is 11.3 Å². The number of nitrogens with one attached hydrogen (secondary N) is 2. The van der Waals surface area contributed by atoms with Crippen molar-refractivity contribution in [1.82, 2.24) is 15.3 Å². The van der Waals surface area contributed by atoms with Crippen LogP contribution in [0.15, 0.2) is 6.07 Å². The summed E-state index contributed by atoms with van der Waals surface area (Å²) in [6.07, 6.45) is 1.08. The monoisotopic (exact) mass is 279 g/mol. The molecule has 20 heavy (non-hydrogen) atoms. The van der Waals surface area contributed by atoms with Gasteiger partial charge in [-0.1, -0.05) is 6.92 Å². The molecule has 2 N–H and O–H groups in total. The molecule has 2 rings (SSSR count). The van der Waals surface area contributed by atoms with E-state index in [9.17, 15) is 0 Å². The molecule has 112 valence electrons. The highest BCUT2D eigenvalue weighted by Crippen LogP contribution is 2.17.